The fraction of sp³-hybridized carbons (Fsp3) is 0.235. The molecular formula is C17H18FN3. The van der Waals surface area contributed by atoms with Crippen molar-refractivity contribution in [2.45, 2.75) is 13.0 Å². The van der Waals surface area contributed by atoms with Crippen molar-refractivity contribution in [3.05, 3.63) is 59.4 Å². The average molecular weight is 283 g/mol. The minimum absolute atomic E-state index is 0.109. The SMILES string of the molecule is CNC(C)c1c(F)cccc1N(C)c1cccc(C#N)c1. The normalized spacial score (nSPS) is 11.8. The number of hydrogen-bond donors (Lipinski definition) is 1. The van der Waals surface area contributed by atoms with E-state index in [9.17, 15) is 4.39 Å². The third kappa shape index (κ3) is 3.04. The molecule has 2 aromatic carbocycles. The van der Waals surface area contributed by atoms with Crippen LogP contribution in [-0.4, -0.2) is 14.1 Å². The smallest absolute Gasteiger partial charge is 0.130 e. The Bertz CT molecular complexity index is 676. The van der Waals surface area contributed by atoms with Crippen LogP contribution < -0.4 is 10.2 Å². The van der Waals surface area contributed by atoms with Gasteiger partial charge in [-0.1, -0.05) is 12.1 Å². The van der Waals surface area contributed by atoms with E-state index in [2.05, 4.69) is 11.4 Å². The summed E-state index contributed by atoms with van der Waals surface area (Å²) >= 11 is 0. The fourth-order valence-corrected chi connectivity index (χ4v) is 2.31. The number of nitriles is 1. The Kier molecular flexibility index (Phi) is 4.56. The number of nitrogens with zero attached hydrogens (tertiary/aromatic N) is 2. The number of nitrogens with one attached hydrogen (secondary N) is 1. The first-order valence-electron chi connectivity index (χ1n) is 6.78. The third-order valence-corrected chi connectivity index (χ3v) is 3.62. The molecule has 0 spiro atoms. The van der Waals surface area contributed by atoms with Gasteiger partial charge in [-0.15, -0.1) is 0 Å². The summed E-state index contributed by atoms with van der Waals surface area (Å²) in [4.78, 5) is 1.90. The second-order valence-corrected chi connectivity index (χ2v) is 4.90. The molecule has 0 heterocycles. The quantitative estimate of drug-likeness (QED) is 0.929. The topological polar surface area (TPSA) is 39.1 Å². The van der Waals surface area contributed by atoms with Crippen LogP contribution in [0.15, 0.2) is 42.5 Å². The third-order valence-electron chi connectivity index (χ3n) is 3.62. The van der Waals surface area contributed by atoms with Crippen LogP contribution in [0.4, 0.5) is 15.8 Å². The van der Waals surface area contributed by atoms with Gasteiger partial charge in [0.05, 0.1) is 11.6 Å². The second-order valence-electron chi connectivity index (χ2n) is 4.90. The molecule has 0 aromatic heterocycles. The van der Waals surface area contributed by atoms with Gasteiger partial charge in [0.1, 0.15) is 5.82 Å². The van der Waals surface area contributed by atoms with Crippen molar-refractivity contribution in [3.8, 4) is 6.07 Å². The maximum Gasteiger partial charge on any atom is 0.130 e. The van der Waals surface area contributed by atoms with Crippen LogP contribution in [0.5, 0.6) is 0 Å². The molecule has 0 fully saturated rings. The number of rotatable bonds is 4. The lowest BCUT2D eigenvalue weighted by atomic mass is 10.0. The highest BCUT2D eigenvalue weighted by Crippen LogP contribution is 2.32. The maximum atomic E-state index is 14.2. The van der Waals surface area contributed by atoms with E-state index in [0.717, 1.165) is 11.4 Å². The van der Waals surface area contributed by atoms with Crippen LogP contribution in [0.1, 0.15) is 24.1 Å². The van der Waals surface area contributed by atoms with Crippen molar-refractivity contribution in [1.29, 1.82) is 5.26 Å². The molecule has 2 aromatic rings. The standard InChI is InChI=1S/C17H18FN3/c1-12(20-2)17-15(18)8-5-9-16(17)21(3)14-7-4-6-13(10-14)11-19/h4-10,12,20H,1-3H3. The molecule has 0 aliphatic rings. The van der Waals surface area contributed by atoms with Crippen LogP contribution in [0, 0.1) is 17.1 Å². The Balaban J connectivity index is 2.50. The van der Waals surface area contributed by atoms with Crippen molar-refractivity contribution in [2.75, 3.05) is 19.0 Å². The van der Waals surface area contributed by atoms with Crippen molar-refractivity contribution in [1.82, 2.24) is 5.32 Å². The minimum Gasteiger partial charge on any atom is -0.344 e. The number of benzene rings is 2. The van der Waals surface area contributed by atoms with Gasteiger partial charge in [-0.05, 0) is 44.3 Å². The van der Waals surface area contributed by atoms with E-state index in [4.69, 9.17) is 5.26 Å². The molecular weight excluding hydrogens is 265 g/mol. The first-order valence-corrected chi connectivity index (χ1v) is 6.78. The minimum atomic E-state index is -0.238. The molecule has 0 amide bonds. The molecule has 1 unspecified atom stereocenters. The summed E-state index contributed by atoms with van der Waals surface area (Å²) in [5.74, 6) is -0.238. The van der Waals surface area contributed by atoms with Gasteiger partial charge in [0.25, 0.3) is 0 Å². The van der Waals surface area contributed by atoms with Gasteiger partial charge in [-0.2, -0.15) is 5.26 Å². The molecule has 1 N–H and O–H groups in total. The van der Waals surface area contributed by atoms with Crippen LogP contribution in [0.3, 0.4) is 0 Å². The molecule has 2 rings (SSSR count). The Morgan fingerprint density at radius 2 is 1.95 bits per heavy atom. The molecule has 21 heavy (non-hydrogen) atoms. The summed E-state index contributed by atoms with van der Waals surface area (Å²) in [6.45, 7) is 1.92. The van der Waals surface area contributed by atoms with Crippen LogP contribution in [0.2, 0.25) is 0 Å². The fourth-order valence-electron chi connectivity index (χ4n) is 2.31. The van der Waals surface area contributed by atoms with Gasteiger partial charge in [0, 0.05) is 30.0 Å². The Hall–Kier alpha value is -2.38. The largest absolute Gasteiger partial charge is 0.344 e. The van der Waals surface area contributed by atoms with E-state index in [1.807, 2.05) is 37.1 Å². The maximum absolute atomic E-state index is 14.2. The molecule has 0 saturated carbocycles. The first-order chi connectivity index (χ1) is 10.1. The van der Waals surface area contributed by atoms with E-state index in [-0.39, 0.29) is 11.9 Å². The molecule has 0 aliphatic heterocycles. The molecule has 4 heteroatoms. The molecule has 0 radical (unpaired) electrons. The predicted octanol–water partition coefficient (Wildman–Crippen LogP) is 3.75. The van der Waals surface area contributed by atoms with Gasteiger partial charge >= 0.3 is 0 Å². The number of hydrogen-bond acceptors (Lipinski definition) is 3. The molecule has 3 nitrogen and oxygen atoms in total. The summed E-state index contributed by atoms with van der Waals surface area (Å²) in [5.41, 5.74) is 2.83. The van der Waals surface area contributed by atoms with Gasteiger partial charge in [-0.3, -0.25) is 0 Å². The zero-order valence-electron chi connectivity index (χ0n) is 12.4. The summed E-state index contributed by atoms with van der Waals surface area (Å²) in [7, 11) is 3.67. The summed E-state index contributed by atoms with van der Waals surface area (Å²) < 4.78 is 14.2. The van der Waals surface area contributed by atoms with Gasteiger partial charge in [-0.25, -0.2) is 4.39 Å². The Morgan fingerprint density at radius 3 is 2.62 bits per heavy atom. The van der Waals surface area contributed by atoms with E-state index < -0.39 is 0 Å². The van der Waals surface area contributed by atoms with Crippen LogP contribution in [0.25, 0.3) is 0 Å². The van der Waals surface area contributed by atoms with Gasteiger partial charge in [0.15, 0.2) is 0 Å². The number of anilines is 2. The van der Waals surface area contributed by atoms with E-state index in [0.29, 0.717) is 11.1 Å². The lowest BCUT2D eigenvalue weighted by Gasteiger charge is -2.25. The first kappa shape index (κ1) is 15.0. The lowest BCUT2D eigenvalue weighted by molar-refractivity contribution is 0.562. The van der Waals surface area contributed by atoms with Gasteiger partial charge < -0.3 is 10.2 Å². The Morgan fingerprint density at radius 1 is 1.24 bits per heavy atom. The predicted molar refractivity (Wildman–Crippen MR) is 83.1 cm³/mol. The zero-order valence-corrected chi connectivity index (χ0v) is 12.4. The molecule has 0 saturated heterocycles. The van der Waals surface area contributed by atoms with Gasteiger partial charge in [0.2, 0.25) is 0 Å². The van der Waals surface area contributed by atoms with Crippen LogP contribution >= 0.6 is 0 Å². The molecule has 108 valence electrons. The number of halogens is 1. The molecule has 0 aliphatic carbocycles. The molecule has 1 atom stereocenters. The van der Waals surface area contributed by atoms with Crippen LogP contribution in [-0.2, 0) is 0 Å². The summed E-state index contributed by atoms with van der Waals surface area (Å²) in [6.07, 6.45) is 0. The highest BCUT2D eigenvalue weighted by molar-refractivity contribution is 5.67. The lowest BCUT2D eigenvalue weighted by Crippen LogP contribution is -2.19. The van der Waals surface area contributed by atoms with Crippen molar-refractivity contribution in [3.63, 3.8) is 0 Å². The van der Waals surface area contributed by atoms with E-state index >= 15 is 0 Å². The van der Waals surface area contributed by atoms with E-state index in [1.165, 1.54) is 6.07 Å². The van der Waals surface area contributed by atoms with Crippen molar-refractivity contribution in [2.24, 2.45) is 0 Å². The van der Waals surface area contributed by atoms with E-state index in [1.54, 1.807) is 25.2 Å². The monoisotopic (exact) mass is 283 g/mol. The molecule has 0 bridgehead atoms. The van der Waals surface area contributed by atoms with Crippen molar-refractivity contribution >= 4 is 11.4 Å². The average Bonchev–Trinajstić information content (AvgIpc) is 2.53. The van der Waals surface area contributed by atoms with Crippen molar-refractivity contribution < 1.29 is 4.39 Å². The Labute approximate surface area is 124 Å². The highest BCUT2D eigenvalue weighted by atomic mass is 19.1. The zero-order chi connectivity index (χ0) is 15.4. The summed E-state index contributed by atoms with van der Waals surface area (Å²) in [5, 5.41) is 12.1. The summed E-state index contributed by atoms with van der Waals surface area (Å²) in [6, 6.07) is 14.3. The second kappa shape index (κ2) is 6.38. The highest BCUT2D eigenvalue weighted by Gasteiger charge is 2.17.